The third kappa shape index (κ3) is 3.61. The van der Waals surface area contributed by atoms with Crippen molar-refractivity contribution < 1.29 is 9.84 Å². The maximum atomic E-state index is 9.34. The highest BCUT2D eigenvalue weighted by atomic mass is 79.9. The molecule has 1 unspecified atom stereocenters. The summed E-state index contributed by atoms with van der Waals surface area (Å²) >= 11 is 3.52. The molecule has 0 aliphatic carbocycles. The van der Waals surface area contributed by atoms with Gasteiger partial charge in [-0.3, -0.25) is 4.68 Å². The van der Waals surface area contributed by atoms with Crippen LogP contribution in [0.4, 0.5) is 0 Å². The van der Waals surface area contributed by atoms with E-state index in [1.165, 1.54) is 0 Å². The Labute approximate surface area is 127 Å². The van der Waals surface area contributed by atoms with Gasteiger partial charge in [-0.25, -0.2) is 0 Å². The van der Waals surface area contributed by atoms with E-state index in [0.29, 0.717) is 13.0 Å². The van der Waals surface area contributed by atoms with Crippen LogP contribution in [0.5, 0.6) is 5.75 Å². The van der Waals surface area contributed by atoms with E-state index < -0.39 is 0 Å². The van der Waals surface area contributed by atoms with Gasteiger partial charge in [0, 0.05) is 7.05 Å². The third-order valence-corrected chi connectivity index (χ3v) is 4.12. The van der Waals surface area contributed by atoms with Gasteiger partial charge in [0.25, 0.3) is 0 Å². The normalized spacial score (nSPS) is 12.4. The van der Waals surface area contributed by atoms with Crippen molar-refractivity contribution in [3.05, 3.63) is 45.7 Å². The summed E-state index contributed by atoms with van der Waals surface area (Å²) in [7, 11) is 1.90. The summed E-state index contributed by atoms with van der Waals surface area (Å²) in [6.07, 6.45) is 0.336. The molecule has 0 spiro atoms. The molecule has 0 saturated heterocycles. The van der Waals surface area contributed by atoms with Crippen LogP contribution >= 0.6 is 15.9 Å². The number of aromatic nitrogens is 2. The minimum Gasteiger partial charge on any atom is -0.487 e. The molecule has 0 amide bonds. The molecular weight excluding hydrogens is 320 g/mol. The van der Waals surface area contributed by atoms with Crippen molar-refractivity contribution in [1.82, 2.24) is 9.78 Å². The van der Waals surface area contributed by atoms with Crippen LogP contribution in [0.1, 0.15) is 23.9 Å². The second-order valence-corrected chi connectivity index (χ2v) is 5.75. The molecule has 0 fully saturated rings. The van der Waals surface area contributed by atoms with E-state index in [4.69, 9.17) is 4.74 Å². The summed E-state index contributed by atoms with van der Waals surface area (Å²) < 4.78 is 8.59. The summed E-state index contributed by atoms with van der Waals surface area (Å²) in [6, 6.07) is 7.81. The average Bonchev–Trinajstić information content (AvgIpc) is 2.62. The molecule has 0 aliphatic rings. The summed E-state index contributed by atoms with van der Waals surface area (Å²) in [6.45, 7) is 4.21. The van der Waals surface area contributed by atoms with Crippen LogP contribution in [-0.2, 0) is 20.1 Å². The number of rotatable bonds is 5. The second-order valence-electron chi connectivity index (χ2n) is 4.96. The Morgan fingerprint density at radius 1 is 1.35 bits per heavy atom. The van der Waals surface area contributed by atoms with Crippen LogP contribution in [0, 0.1) is 6.92 Å². The van der Waals surface area contributed by atoms with Crippen LogP contribution in [0.2, 0.25) is 0 Å². The fourth-order valence-corrected chi connectivity index (χ4v) is 2.50. The van der Waals surface area contributed by atoms with Gasteiger partial charge < -0.3 is 9.84 Å². The number of aryl methyl sites for hydroxylation is 2. The number of aliphatic hydroxyl groups excluding tert-OH is 1. The quantitative estimate of drug-likeness (QED) is 0.911. The van der Waals surface area contributed by atoms with Gasteiger partial charge in [0.1, 0.15) is 12.4 Å². The molecule has 1 aromatic heterocycles. The molecule has 1 atom stereocenters. The SMILES string of the molecule is Cc1nn(C)c(COc2ccc(CC(C)O)cc2)c1Br. The van der Waals surface area contributed by atoms with E-state index >= 15 is 0 Å². The van der Waals surface area contributed by atoms with Crippen LogP contribution in [-0.4, -0.2) is 21.0 Å². The molecule has 4 nitrogen and oxygen atoms in total. The fourth-order valence-electron chi connectivity index (χ4n) is 2.05. The first-order valence-corrected chi connectivity index (χ1v) is 7.34. The van der Waals surface area contributed by atoms with Gasteiger partial charge in [0.05, 0.1) is 22.0 Å². The Morgan fingerprint density at radius 2 is 2.00 bits per heavy atom. The molecule has 0 saturated carbocycles. The zero-order valence-electron chi connectivity index (χ0n) is 11.9. The number of benzene rings is 1. The Balaban J connectivity index is 2.00. The second kappa shape index (κ2) is 6.41. The first-order chi connectivity index (χ1) is 9.47. The molecule has 0 bridgehead atoms. The van der Waals surface area contributed by atoms with E-state index in [-0.39, 0.29) is 6.10 Å². The third-order valence-electron chi connectivity index (χ3n) is 3.09. The highest BCUT2D eigenvalue weighted by Gasteiger charge is 2.11. The predicted octanol–water partition coefficient (Wildman–Crippen LogP) is 2.99. The Hall–Kier alpha value is -1.33. The summed E-state index contributed by atoms with van der Waals surface area (Å²) in [5.74, 6) is 0.810. The molecule has 108 valence electrons. The largest absolute Gasteiger partial charge is 0.487 e. The first-order valence-electron chi connectivity index (χ1n) is 6.55. The molecule has 1 heterocycles. The standard InChI is InChI=1S/C15H19BrN2O2/c1-10(19)8-12-4-6-13(7-5-12)20-9-14-15(16)11(2)17-18(14)3/h4-7,10,19H,8-9H2,1-3H3. The zero-order chi connectivity index (χ0) is 14.7. The Morgan fingerprint density at radius 3 is 2.50 bits per heavy atom. The monoisotopic (exact) mass is 338 g/mol. The average molecular weight is 339 g/mol. The van der Waals surface area contributed by atoms with Gasteiger partial charge in [-0.1, -0.05) is 12.1 Å². The van der Waals surface area contributed by atoms with Crippen LogP contribution in [0.25, 0.3) is 0 Å². The molecule has 0 radical (unpaired) electrons. The maximum absolute atomic E-state index is 9.34. The van der Waals surface area contributed by atoms with Crippen molar-refractivity contribution in [2.24, 2.45) is 7.05 Å². The summed E-state index contributed by atoms with van der Waals surface area (Å²) in [4.78, 5) is 0. The molecule has 20 heavy (non-hydrogen) atoms. The Bertz CT molecular complexity index is 576. The van der Waals surface area contributed by atoms with Crippen molar-refractivity contribution in [1.29, 1.82) is 0 Å². The predicted molar refractivity (Wildman–Crippen MR) is 81.8 cm³/mol. The van der Waals surface area contributed by atoms with Crippen molar-refractivity contribution in [2.45, 2.75) is 33.0 Å². The van der Waals surface area contributed by atoms with E-state index in [2.05, 4.69) is 21.0 Å². The molecule has 2 rings (SSSR count). The molecule has 1 N–H and O–H groups in total. The van der Waals surface area contributed by atoms with Gasteiger partial charge in [-0.15, -0.1) is 0 Å². The molecule has 1 aromatic carbocycles. The smallest absolute Gasteiger partial charge is 0.131 e. The van der Waals surface area contributed by atoms with Gasteiger partial charge in [-0.05, 0) is 53.9 Å². The summed E-state index contributed by atoms with van der Waals surface area (Å²) in [5.41, 5.74) is 3.07. The lowest BCUT2D eigenvalue weighted by atomic mass is 10.1. The lowest BCUT2D eigenvalue weighted by Crippen LogP contribution is -2.05. The van der Waals surface area contributed by atoms with Gasteiger partial charge >= 0.3 is 0 Å². The molecular formula is C15H19BrN2O2. The number of ether oxygens (including phenoxy) is 1. The highest BCUT2D eigenvalue weighted by molar-refractivity contribution is 9.10. The molecule has 0 aliphatic heterocycles. The fraction of sp³-hybridized carbons (Fsp3) is 0.400. The van der Waals surface area contributed by atoms with Crippen LogP contribution in [0.3, 0.4) is 0 Å². The molecule has 5 heteroatoms. The topological polar surface area (TPSA) is 47.3 Å². The lowest BCUT2D eigenvalue weighted by molar-refractivity contribution is 0.195. The van der Waals surface area contributed by atoms with E-state index in [0.717, 1.165) is 27.2 Å². The minimum absolute atomic E-state index is 0.324. The van der Waals surface area contributed by atoms with E-state index in [9.17, 15) is 5.11 Å². The van der Waals surface area contributed by atoms with E-state index in [1.807, 2.05) is 42.9 Å². The minimum atomic E-state index is -0.324. The van der Waals surface area contributed by atoms with Crippen molar-refractivity contribution in [2.75, 3.05) is 0 Å². The number of aliphatic hydroxyl groups is 1. The van der Waals surface area contributed by atoms with E-state index in [1.54, 1.807) is 6.92 Å². The van der Waals surface area contributed by atoms with Gasteiger partial charge in [-0.2, -0.15) is 5.10 Å². The number of nitrogens with zero attached hydrogens (tertiary/aromatic N) is 2. The zero-order valence-corrected chi connectivity index (χ0v) is 13.5. The highest BCUT2D eigenvalue weighted by Crippen LogP contribution is 2.22. The van der Waals surface area contributed by atoms with Crippen molar-refractivity contribution in [3.63, 3.8) is 0 Å². The maximum Gasteiger partial charge on any atom is 0.131 e. The van der Waals surface area contributed by atoms with Gasteiger partial charge in [0.2, 0.25) is 0 Å². The first kappa shape index (κ1) is 15.1. The summed E-state index contributed by atoms with van der Waals surface area (Å²) in [5, 5.41) is 13.7. The number of halogens is 1. The lowest BCUT2D eigenvalue weighted by Gasteiger charge is -2.09. The molecule has 2 aromatic rings. The Kier molecular flexibility index (Phi) is 4.83. The van der Waals surface area contributed by atoms with Gasteiger partial charge in [0.15, 0.2) is 0 Å². The van der Waals surface area contributed by atoms with Crippen LogP contribution < -0.4 is 4.74 Å². The van der Waals surface area contributed by atoms with Crippen molar-refractivity contribution in [3.8, 4) is 5.75 Å². The number of hydrogen-bond acceptors (Lipinski definition) is 3. The number of hydrogen-bond donors (Lipinski definition) is 1. The van der Waals surface area contributed by atoms with Crippen LogP contribution in [0.15, 0.2) is 28.7 Å². The van der Waals surface area contributed by atoms with Crippen molar-refractivity contribution >= 4 is 15.9 Å².